The Morgan fingerprint density at radius 2 is 2.22 bits per heavy atom. The lowest BCUT2D eigenvalue weighted by Gasteiger charge is -2.03. The van der Waals surface area contributed by atoms with Crippen molar-refractivity contribution in [1.82, 2.24) is 10.3 Å². The van der Waals surface area contributed by atoms with Gasteiger partial charge in [-0.25, -0.2) is 9.78 Å². The van der Waals surface area contributed by atoms with Crippen LogP contribution in [0, 0.1) is 5.92 Å². The lowest BCUT2D eigenvalue weighted by Crippen LogP contribution is -2.27. The van der Waals surface area contributed by atoms with Gasteiger partial charge in [-0.05, 0) is 30.9 Å². The summed E-state index contributed by atoms with van der Waals surface area (Å²) in [5, 5.41) is 12.2. The van der Waals surface area contributed by atoms with Gasteiger partial charge in [-0.1, -0.05) is 11.8 Å². The average Bonchev–Trinajstić information content (AvgIpc) is 3.18. The third-order valence-corrected chi connectivity index (χ3v) is 3.56. The van der Waals surface area contributed by atoms with Crippen LogP contribution < -0.4 is 5.32 Å². The fraction of sp³-hybridized carbons (Fsp3) is 0.417. The van der Waals surface area contributed by atoms with Crippen molar-refractivity contribution in [1.29, 1.82) is 0 Å². The van der Waals surface area contributed by atoms with Crippen LogP contribution in [0.15, 0.2) is 23.4 Å². The van der Waals surface area contributed by atoms with Gasteiger partial charge in [0, 0.05) is 12.7 Å². The molecule has 0 atom stereocenters. The molecule has 1 aliphatic carbocycles. The number of carbonyl (C=O) groups is 2. The van der Waals surface area contributed by atoms with Crippen molar-refractivity contribution >= 4 is 23.6 Å². The zero-order valence-electron chi connectivity index (χ0n) is 9.76. The van der Waals surface area contributed by atoms with Crippen LogP contribution in [-0.2, 0) is 4.79 Å². The summed E-state index contributed by atoms with van der Waals surface area (Å²) in [5.74, 6) is -0.0178. The van der Waals surface area contributed by atoms with Gasteiger partial charge in [0.15, 0.2) is 0 Å². The van der Waals surface area contributed by atoms with E-state index in [4.69, 9.17) is 5.11 Å². The molecule has 1 amide bonds. The lowest BCUT2D eigenvalue weighted by molar-refractivity contribution is -0.118. The van der Waals surface area contributed by atoms with Gasteiger partial charge in [0.1, 0.15) is 0 Å². The molecule has 0 unspecified atom stereocenters. The van der Waals surface area contributed by atoms with E-state index in [-0.39, 0.29) is 11.5 Å². The number of amides is 1. The molecule has 0 radical (unpaired) electrons. The van der Waals surface area contributed by atoms with Gasteiger partial charge in [-0.3, -0.25) is 4.79 Å². The molecule has 0 aliphatic heterocycles. The highest BCUT2D eigenvalue weighted by Gasteiger charge is 2.21. The van der Waals surface area contributed by atoms with E-state index in [1.54, 1.807) is 6.07 Å². The monoisotopic (exact) mass is 266 g/mol. The first-order chi connectivity index (χ1) is 8.65. The third kappa shape index (κ3) is 4.03. The number of carboxylic acids is 1. The summed E-state index contributed by atoms with van der Waals surface area (Å²) >= 11 is 1.30. The molecule has 0 aromatic carbocycles. The molecule has 2 rings (SSSR count). The standard InChI is InChI=1S/C12H14N2O3S/c15-10(13-5-8-1-2-8)7-18-11-4-3-9(6-14-11)12(16)17/h3-4,6,8H,1-2,5,7H2,(H,13,15)(H,16,17). The molecule has 1 fully saturated rings. The van der Waals surface area contributed by atoms with Crippen LogP contribution in [0.5, 0.6) is 0 Å². The fourth-order valence-corrected chi connectivity index (χ4v) is 2.04. The molecule has 0 bridgehead atoms. The van der Waals surface area contributed by atoms with Gasteiger partial charge in [0.2, 0.25) is 5.91 Å². The van der Waals surface area contributed by atoms with Crippen LogP contribution in [-0.4, -0.2) is 34.3 Å². The molecule has 6 heteroatoms. The first-order valence-electron chi connectivity index (χ1n) is 5.74. The molecule has 1 saturated carbocycles. The molecule has 18 heavy (non-hydrogen) atoms. The Balaban J connectivity index is 1.74. The quantitative estimate of drug-likeness (QED) is 0.761. The van der Waals surface area contributed by atoms with E-state index < -0.39 is 5.97 Å². The highest BCUT2D eigenvalue weighted by molar-refractivity contribution is 7.99. The van der Waals surface area contributed by atoms with Crippen molar-refractivity contribution in [3.8, 4) is 0 Å². The van der Waals surface area contributed by atoms with Crippen LogP contribution in [0.4, 0.5) is 0 Å². The van der Waals surface area contributed by atoms with Crippen molar-refractivity contribution in [2.45, 2.75) is 17.9 Å². The molecular formula is C12H14N2O3S. The van der Waals surface area contributed by atoms with Gasteiger partial charge in [0.25, 0.3) is 0 Å². The number of pyridine rings is 1. The van der Waals surface area contributed by atoms with Gasteiger partial charge >= 0.3 is 5.97 Å². The minimum absolute atomic E-state index is 0.00369. The minimum Gasteiger partial charge on any atom is -0.478 e. The Morgan fingerprint density at radius 3 is 2.78 bits per heavy atom. The Kier molecular flexibility index (Phi) is 4.19. The summed E-state index contributed by atoms with van der Waals surface area (Å²) in [7, 11) is 0. The Morgan fingerprint density at radius 1 is 1.44 bits per heavy atom. The number of carbonyl (C=O) groups excluding carboxylic acids is 1. The predicted octanol–water partition coefficient (Wildman–Crippen LogP) is 1.40. The number of thioether (sulfide) groups is 1. The van der Waals surface area contributed by atoms with Gasteiger partial charge in [-0.15, -0.1) is 0 Å². The number of nitrogens with one attached hydrogen (secondary N) is 1. The number of nitrogens with zero attached hydrogens (tertiary/aromatic N) is 1. The van der Waals surface area contributed by atoms with Crippen LogP contribution in [0.2, 0.25) is 0 Å². The Bertz CT molecular complexity index is 443. The van der Waals surface area contributed by atoms with E-state index in [0.29, 0.717) is 16.7 Å². The van der Waals surface area contributed by atoms with E-state index in [0.717, 1.165) is 6.54 Å². The van der Waals surface area contributed by atoms with Crippen LogP contribution in [0.1, 0.15) is 23.2 Å². The van der Waals surface area contributed by atoms with E-state index in [2.05, 4.69) is 10.3 Å². The third-order valence-electron chi connectivity index (χ3n) is 2.62. The van der Waals surface area contributed by atoms with Crippen LogP contribution in [0.25, 0.3) is 0 Å². The second-order valence-electron chi connectivity index (χ2n) is 4.23. The summed E-state index contributed by atoms with van der Waals surface area (Å²) in [5.41, 5.74) is 0.150. The summed E-state index contributed by atoms with van der Waals surface area (Å²) in [4.78, 5) is 26.1. The minimum atomic E-state index is -0.999. The van der Waals surface area contributed by atoms with Crippen molar-refractivity contribution in [3.05, 3.63) is 23.9 Å². The number of aromatic nitrogens is 1. The number of rotatable bonds is 6. The van der Waals surface area contributed by atoms with Crippen molar-refractivity contribution in [2.24, 2.45) is 5.92 Å². The number of hydrogen-bond acceptors (Lipinski definition) is 4. The maximum absolute atomic E-state index is 11.5. The molecule has 0 spiro atoms. The van der Waals surface area contributed by atoms with Crippen molar-refractivity contribution < 1.29 is 14.7 Å². The molecule has 1 aromatic heterocycles. The van der Waals surface area contributed by atoms with Crippen molar-refractivity contribution in [3.63, 3.8) is 0 Å². The number of carboxylic acid groups (broad SMARTS) is 1. The first-order valence-corrected chi connectivity index (χ1v) is 6.72. The average molecular weight is 266 g/mol. The highest BCUT2D eigenvalue weighted by atomic mass is 32.2. The highest BCUT2D eigenvalue weighted by Crippen LogP contribution is 2.27. The molecular weight excluding hydrogens is 252 g/mol. The van der Waals surface area contributed by atoms with Gasteiger partial charge < -0.3 is 10.4 Å². The van der Waals surface area contributed by atoms with Gasteiger partial charge in [0.05, 0.1) is 16.3 Å². The summed E-state index contributed by atoms with van der Waals surface area (Å²) in [6.07, 6.45) is 3.73. The Hall–Kier alpha value is -1.56. The van der Waals surface area contributed by atoms with E-state index in [1.165, 1.54) is 36.9 Å². The van der Waals surface area contributed by atoms with E-state index in [1.807, 2.05) is 0 Å². The SMILES string of the molecule is O=C(CSc1ccc(C(=O)O)cn1)NCC1CC1. The second-order valence-corrected chi connectivity index (χ2v) is 5.22. The molecule has 96 valence electrons. The molecule has 1 aromatic rings. The number of aromatic carboxylic acids is 1. The lowest BCUT2D eigenvalue weighted by atomic mass is 10.3. The zero-order valence-corrected chi connectivity index (χ0v) is 10.6. The van der Waals surface area contributed by atoms with Crippen LogP contribution in [0.3, 0.4) is 0 Å². The first kappa shape index (κ1) is 12.9. The molecule has 0 saturated heterocycles. The molecule has 5 nitrogen and oxygen atoms in total. The summed E-state index contributed by atoms with van der Waals surface area (Å²) in [6.45, 7) is 0.769. The van der Waals surface area contributed by atoms with Crippen molar-refractivity contribution in [2.75, 3.05) is 12.3 Å². The Labute approximate surface area is 109 Å². The largest absolute Gasteiger partial charge is 0.478 e. The molecule has 2 N–H and O–H groups in total. The predicted molar refractivity (Wildman–Crippen MR) is 67.7 cm³/mol. The van der Waals surface area contributed by atoms with E-state index >= 15 is 0 Å². The fourth-order valence-electron chi connectivity index (χ4n) is 1.36. The second kappa shape index (κ2) is 5.86. The maximum atomic E-state index is 11.5. The summed E-state index contributed by atoms with van der Waals surface area (Å²) in [6, 6.07) is 3.10. The smallest absolute Gasteiger partial charge is 0.337 e. The zero-order chi connectivity index (χ0) is 13.0. The van der Waals surface area contributed by atoms with Crippen LogP contribution >= 0.6 is 11.8 Å². The normalized spacial score (nSPS) is 14.2. The number of hydrogen-bond donors (Lipinski definition) is 2. The molecule has 1 aliphatic rings. The van der Waals surface area contributed by atoms with Gasteiger partial charge in [-0.2, -0.15) is 0 Å². The van der Waals surface area contributed by atoms with E-state index in [9.17, 15) is 9.59 Å². The summed E-state index contributed by atoms with van der Waals surface area (Å²) < 4.78 is 0. The topological polar surface area (TPSA) is 79.3 Å². The maximum Gasteiger partial charge on any atom is 0.337 e. The molecule has 1 heterocycles.